The monoisotopic (exact) mass is 267 g/mol. The number of nitrogens with zero attached hydrogens (tertiary/aromatic N) is 2. The third-order valence-corrected chi connectivity index (χ3v) is 2.80. The summed E-state index contributed by atoms with van der Waals surface area (Å²) in [6, 6.07) is 0. The molecule has 1 fully saturated rings. The fourth-order valence-corrected chi connectivity index (χ4v) is 1.84. The van der Waals surface area contributed by atoms with Crippen LogP contribution in [0.4, 0.5) is 5.82 Å². The molecule has 6 nitrogen and oxygen atoms in total. The molecule has 0 spiro atoms. The van der Waals surface area contributed by atoms with Gasteiger partial charge in [0.05, 0.1) is 18.0 Å². The maximum absolute atomic E-state index is 5.90. The number of nitrogen functional groups attached to an aromatic ring is 1. The van der Waals surface area contributed by atoms with E-state index < -0.39 is 5.60 Å². The van der Waals surface area contributed by atoms with Crippen molar-refractivity contribution in [1.29, 1.82) is 0 Å². The lowest BCUT2D eigenvalue weighted by atomic mass is 10.1. The standard InChI is InChI=1S/C13H21N3O3/c1-13(2,19-12-5-3-4-6-17-12)9-18-11-8-15-10(14)7-16-11/h7-8,12H,3-6,9H2,1-2H3,(H2,14,15). The highest BCUT2D eigenvalue weighted by atomic mass is 16.7. The Kier molecular flexibility index (Phi) is 4.55. The first-order valence-electron chi connectivity index (χ1n) is 6.55. The molecule has 106 valence electrons. The van der Waals surface area contributed by atoms with Gasteiger partial charge in [-0.3, -0.25) is 0 Å². The van der Waals surface area contributed by atoms with Crippen LogP contribution in [-0.4, -0.2) is 35.1 Å². The molecule has 0 aromatic carbocycles. The van der Waals surface area contributed by atoms with E-state index in [0.717, 1.165) is 25.9 Å². The minimum atomic E-state index is -0.439. The fraction of sp³-hybridized carbons (Fsp3) is 0.692. The highest BCUT2D eigenvalue weighted by Gasteiger charge is 2.26. The highest BCUT2D eigenvalue weighted by molar-refractivity contribution is 5.24. The molecule has 1 aromatic rings. The van der Waals surface area contributed by atoms with Crippen molar-refractivity contribution in [2.75, 3.05) is 18.9 Å². The predicted octanol–water partition coefficient (Wildman–Crippen LogP) is 1.76. The molecular formula is C13H21N3O3. The van der Waals surface area contributed by atoms with Gasteiger partial charge in [-0.2, -0.15) is 0 Å². The highest BCUT2D eigenvalue weighted by Crippen LogP contribution is 2.21. The summed E-state index contributed by atoms with van der Waals surface area (Å²) in [7, 11) is 0. The number of rotatable bonds is 5. The Hall–Kier alpha value is -1.40. The zero-order chi connectivity index (χ0) is 13.7. The number of hydrogen-bond acceptors (Lipinski definition) is 6. The van der Waals surface area contributed by atoms with Gasteiger partial charge in [0.1, 0.15) is 12.4 Å². The minimum absolute atomic E-state index is 0.134. The van der Waals surface area contributed by atoms with Gasteiger partial charge in [-0.1, -0.05) is 0 Å². The molecule has 1 unspecified atom stereocenters. The second-order valence-corrected chi connectivity index (χ2v) is 5.24. The molecule has 19 heavy (non-hydrogen) atoms. The van der Waals surface area contributed by atoms with Crippen LogP contribution in [0.3, 0.4) is 0 Å². The number of nitrogens with two attached hydrogens (primary N) is 1. The van der Waals surface area contributed by atoms with E-state index >= 15 is 0 Å². The van der Waals surface area contributed by atoms with E-state index in [2.05, 4.69) is 9.97 Å². The van der Waals surface area contributed by atoms with E-state index in [4.69, 9.17) is 19.9 Å². The normalized spacial score (nSPS) is 20.2. The van der Waals surface area contributed by atoms with E-state index in [-0.39, 0.29) is 6.29 Å². The summed E-state index contributed by atoms with van der Waals surface area (Å²) in [5.41, 5.74) is 5.02. The van der Waals surface area contributed by atoms with Crippen molar-refractivity contribution < 1.29 is 14.2 Å². The van der Waals surface area contributed by atoms with E-state index in [1.807, 2.05) is 13.8 Å². The summed E-state index contributed by atoms with van der Waals surface area (Å²) in [6.45, 7) is 5.09. The lowest BCUT2D eigenvalue weighted by Crippen LogP contribution is -2.38. The van der Waals surface area contributed by atoms with Crippen molar-refractivity contribution in [2.24, 2.45) is 0 Å². The van der Waals surface area contributed by atoms with Crippen LogP contribution in [0.25, 0.3) is 0 Å². The Morgan fingerprint density at radius 3 is 2.84 bits per heavy atom. The van der Waals surface area contributed by atoms with Gasteiger partial charge < -0.3 is 19.9 Å². The van der Waals surface area contributed by atoms with Crippen molar-refractivity contribution in [1.82, 2.24) is 9.97 Å². The van der Waals surface area contributed by atoms with E-state index in [9.17, 15) is 0 Å². The third-order valence-electron chi connectivity index (χ3n) is 2.80. The molecule has 0 saturated carbocycles. The molecule has 0 bridgehead atoms. The van der Waals surface area contributed by atoms with E-state index in [0.29, 0.717) is 18.3 Å². The van der Waals surface area contributed by atoms with Gasteiger partial charge in [0.15, 0.2) is 6.29 Å². The zero-order valence-corrected chi connectivity index (χ0v) is 11.5. The smallest absolute Gasteiger partial charge is 0.232 e. The molecule has 6 heteroatoms. The Labute approximate surface area is 113 Å². The Morgan fingerprint density at radius 1 is 1.37 bits per heavy atom. The summed E-state index contributed by atoms with van der Waals surface area (Å²) in [5.74, 6) is 0.814. The van der Waals surface area contributed by atoms with Crippen molar-refractivity contribution in [2.45, 2.75) is 45.0 Å². The summed E-state index contributed by atoms with van der Waals surface area (Å²) >= 11 is 0. The molecule has 1 aromatic heterocycles. The number of anilines is 1. The molecule has 1 aliphatic heterocycles. The first-order valence-corrected chi connectivity index (χ1v) is 6.55. The lowest BCUT2D eigenvalue weighted by Gasteiger charge is -2.32. The molecule has 2 rings (SSSR count). The lowest BCUT2D eigenvalue weighted by molar-refractivity contribution is -0.221. The largest absolute Gasteiger partial charge is 0.474 e. The molecular weight excluding hydrogens is 246 g/mol. The third kappa shape index (κ3) is 4.65. The van der Waals surface area contributed by atoms with Gasteiger partial charge in [0.25, 0.3) is 0 Å². The van der Waals surface area contributed by atoms with Gasteiger partial charge in [0, 0.05) is 6.61 Å². The topological polar surface area (TPSA) is 79.5 Å². The van der Waals surface area contributed by atoms with Crippen LogP contribution in [0.1, 0.15) is 33.1 Å². The van der Waals surface area contributed by atoms with Crippen molar-refractivity contribution in [3.05, 3.63) is 12.4 Å². The molecule has 2 heterocycles. The maximum atomic E-state index is 5.90. The summed E-state index contributed by atoms with van der Waals surface area (Å²) in [6.07, 6.45) is 6.02. The average molecular weight is 267 g/mol. The van der Waals surface area contributed by atoms with E-state index in [1.54, 1.807) is 0 Å². The first kappa shape index (κ1) is 14.0. The van der Waals surface area contributed by atoms with Crippen LogP contribution in [0.5, 0.6) is 5.88 Å². The molecule has 0 aliphatic carbocycles. The minimum Gasteiger partial charge on any atom is -0.474 e. The zero-order valence-electron chi connectivity index (χ0n) is 11.5. The van der Waals surface area contributed by atoms with Gasteiger partial charge >= 0.3 is 0 Å². The van der Waals surface area contributed by atoms with Gasteiger partial charge in [-0.25, -0.2) is 9.97 Å². The number of aromatic nitrogens is 2. The number of ether oxygens (including phenoxy) is 3. The maximum Gasteiger partial charge on any atom is 0.232 e. The number of hydrogen-bond donors (Lipinski definition) is 1. The van der Waals surface area contributed by atoms with Crippen LogP contribution in [0.15, 0.2) is 12.4 Å². The van der Waals surface area contributed by atoms with Gasteiger partial charge in [-0.05, 0) is 33.1 Å². The quantitative estimate of drug-likeness (QED) is 0.875. The van der Waals surface area contributed by atoms with Crippen LogP contribution in [0.2, 0.25) is 0 Å². The van der Waals surface area contributed by atoms with E-state index in [1.165, 1.54) is 12.4 Å². The molecule has 1 saturated heterocycles. The van der Waals surface area contributed by atoms with Crippen LogP contribution < -0.4 is 10.5 Å². The Bertz CT molecular complexity index is 389. The molecule has 1 atom stereocenters. The molecule has 1 aliphatic rings. The van der Waals surface area contributed by atoms with Crippen molar-refractivity contribution >= 4 is 5.82 Å². The fourth-order valence-electron chi connectivity index (χ4n) is 1.84. The van der Waals surface area contributed by atoms with Gasteiger partial charge in [-0.15, -0.1) is 0 Å². The van der Waals surface area contributed by atoms with Gasteiger partial charge in [0.2, 0.25) is 5.88 Å². The predicted molar refractivity (Wildman–Crippen MR) is 70.7 cm³/mol. The SMILES string of the molecule is CC(C)(COc1cnc(N)cn1)OC1CCCCO1. The van der Waals surface area contributed by atoms with Crippen LogP contribution >= 0.6 is 0 Å². The summed E-state index contributed by atoms with van der Waals surface area (Å²) in [4.78, 5) is 7.95. The molecule has 0 amide bonds. The first-order chi connectivity index (χ1) is 9.05. The second kappa shape index (κ2) is 6.16. The van der Waals surface area contributed by atoms with Crippen LogP contribution in [0, 0.1) is 0 Å². The molecule has 0 radical (unpaired) electrons. The Balaban J connectivity index is 1.81. The summed E-state index contributed by atoms with van der Waals surface area (Å²) < 4.78 is 17.0. The Morgan fingerprint density at radius 2 is 2.21 bits per heavy atom. The second-order valence-electron chi connectivity index (χ2n) is 5.24. The van der Waals surface area contributed by atoms with Crippen LogP contribution in [-0.2, 0) is 9.47 Å². The van der Waals surface area contributed by atoms with Crippen molar-refractivity contribution in [3.63, 3.8) is 0 Å². The molecule has 2 N–H and O–H groups in total. The average Bonchev–Trinajstić information content (AvgIpc) is 2.39. The van der Waals surface area contributed by atoms with Crippen molar-refractivity contribution in [3.8, 4) is 5.88 Å². The summed E-state index contributed by atoms with van der Waals surface area (Å²) in [5, 5.41) is 0.